The molecule has 0 radical (unpaired) electrons. The van der Waals surface area contributed by atoms with Crippen LogP contribution in [0.3, 0.4) is 0 Å². The normalized spacial score (nSPS) is 16.5. The molecule has 1 saturated carbocycles. The molecule has 1 aromatic carbocycles. The first-order valence-corrected chi connectivity index (χ1v) is 8.47. The van der Waals surface area contributed by atoms with E-state index in [1.165, 1.54) is 49.5 Å². The van der Waals surface area contributed by atoms with Crippen LogP contribution in [0.4, 0.5) is 9.39 Å². The van der Waals surface area contributed by atoms with Crippen LogP contribution in [-0.2, 0) is 0 Å². The lowest BCUT2D eigenvalue weighted by Gasteiger charge is -2.18. The highest BCUT2D eigenvalue weighted by Gasteiger charge is 2.22. The van der Waals surface area contributed by atoms with Crippen LogP contribution in [-0.4, -0.2) is 4.98 Å². The molecule has 0 atom stereocenters. The monoisotopic (exact) mass is 354 g/mol. The van der Waals surface area contributed by atoms with Gasteiger partial charge in [-0.1, -0.05) is 35.2 Å². The predicted octanol–water partition coefficient (Wildman–Crippen LogP) is 5.34. The molecule has 20 heavy (non-hydrogen) atoms. The standard InChI is InChI=1S/C15H16BrFN2S/c16-10-6-7-12(17)11(8-10)13-14(18)20-15(19-13)9-4-2-1-3-5-9/h6-9H,1-5,18H2. The third-order valence-electron chi connectivity index (χ3n) is 3.81. The van der Waals surface area contributed by atoms with Crippen molar-refractivity contribution in [2.75, 3.05) is 5.73 Å². The van der Waals surface area contributed by atoms with E-state index in [9.17, 15) is 4.39 Å². The van der Waals surface area contributed by atoms with Crippen molar-refractivity contribution in [2.45, 2.75) is 38.0 Å². The van der Waals surface area contributed by atoms with E-state index in [0.29, 0.717) is 22.2 Å². The average Bonchev–Trinajstić information content (AvgIpc) is 2.84. The van der Waals surface area contributed by atoms with Crippen LogP contribution < -0.4 is 5.73 Å². The molecule has 106 valence electrons. The predicted molar refractivity (Wildman–Crippen MR) is 85.4 cm³/mol. The summed E-state index contributed by atoms with van der Waals surface area (Å²) in [7, 11) is 0. The second kappa shape index (κ2) is 5.82. The van der Waals surface area contributed by atoms with Crippen molar-refractivity contribution >= 4 is 32.3 Å². The number of nitrogens with zero attached hydrogens (tertiary/aromatic N) is 1. The Hall–Kier alpha value is -0.940. The Labute approximate surface area is 130 Å². The molecule has 2 aromatic rings. The maximum atomic E-state index is 14.0. The van der Waals surface area contributed by atoms with Crippen LogP contribution in [0, 0.1) is 5.82 Å². The summed E-state index contributed by atoms with van der Waals surface area (Å²) in [4.78, 5) is 4.64. The molecule has 1 aromatic heterocycles. The minimum Gasteiger partial charge on any atom is -0.389 e. The van der Waals surface area contributed by atoms with E-state index in [0.717, 1.165) is 9.48 Å². The van der Waals surface area contributed by atoms with Crippen LogP contribution in [0.2, 0.25) is 0 Å². The van der Waals surface area contributed by atoms with Gasteiger partial charge in [0.15, 0.2) is 0 Å². The number of hydrogen-bond donors (Lipinski definition) is 1. The second-order valence-corrected chi connectivity index (χ2v) is 7.20. The van der Waals surface area contributed by atoms with Crippen molar-refractivity contribution in [3.8, 4) is 11.3 Å². The number of anilines is 1. The number of thiazole rings is 1. The van der Waals surface area contributed by atoms with Gasteiger partial charge in [-0.2, -0.15) is 0 Å². The van der Waals surface area contributed by atoms with Gasteiger partial charge in [0.25, 0.3) is 0 Å². The van der Waals surface area contributed by atoms with Gasteiger partial charge in [0.2, 0.25) is 0 Å². The molecule has 0 amide bonds. The number of halogens is 2. The summed E-state index contributed by atoms with van der Waals surface area (Å²) < 4.78 is 14.8. The van der Waals surface area contributed by atoms with Crippen molar-refractivity contribution in [3.05, 3.63) is 33.5 Å². The zero-order valence-corrected chi connectivity index (χ0v) is 13.4. The van der Waals surface area contributed by atoms with E-state index in [-0.39, 0.29) is 5.82 Å². The molecule has 2 nitrogen and oxygen atoms in total. The largest absolute Gasteiger partial charge is 0.389 e. The van der Waals surface area contributed by atoms with Gasteiger partial charge < -0.3 is 5.73 Å². The number of rotatable bonds is 2. The summed E-state index contributed by atoms with van der Waals surface area (Å²) in [6.07, 6.45) is 6.17. The van der Waals surface area contributed by atoms with Crippen molar-refractivity contribution in [3.63, 3.8) is 0 Å². The van der Waals surface area contributed by atoms with Crippen LogP contribution in [0.25, 0.3) is 11.3 Å². The summed E-state index contributed by atoms with van der Waals surface area (Å²) in [5, 5.41) is 1.68. The molecule has 0 unspecified atom stereocenters. The Morgan fingerprint density at radius 3 is 2.75 bits per heavy atom. The third kappa shape index (κ3) is 2.74. The van der Waals surface area contributed by atoms with Gasteiger partial charge in [-0.3, -0.25) is 0 Å². The molecule has 0 spiro atoms. The first-order chi connectivity index (χ1) is 9.65. The van der Waals surface area contributed by atoms with Crippen molar-refractivity contribution in [2.24, 2.45) is 0 Å². The van der Waals surface area contributed by atoms with Crippen molar-refractivity contribution in [1.29, 1.82) is 0 Å². The minimum absolute atomic E-state index is 0.277. The van der Waals surface area contributed by atoms with E-state index >= 15 is 0 Å². The smallest absolute Gasteiger partial charge is 0.132 e. The molecule has 1 fully saturated rings. The lowest BCUT2D eigenvalue weighted by molar-refractivity contribution is 0.442. The highest BCUT2D eigenvalue weighted by Crippen LogP contribution is 2.40. The Kier molecular flexibility index (Phi) is 4.08. The van der Waals surface area contributed by atoms with E-state index in [4.69, 9.17) is 5.73 Å². The summed E-state index contributed by atoms with van der Waals surface area (Å²) in [6.45, 7) is 0. The highest BCUT2D eigenvalue weighted by molar-refractivity contribution is 9.10. The Bertz CT molecular complexity index is 620. The van der Waals surface area contributed by atoms with Gasteiger partial charge in [-0.05, 0) is 31.0 Å². The summed E-state index contributed by atoms with van der Waals surface area (Å²) in [5.74, 6) is 0.223. The van der Waals surface area contributed by atoms with Crippen LogP contribution in [0.1, 0.15) is 43.0 Å². The van der Waals surface area contributed by atoms with E-state index in [1.54, 1.807) is 12.1 Å². The Morgan fingerprint density at radius 1 is 1.25 bits per heavy atom. The van der Waals surface area contributed by atoms with Crippen molar-refractivity contribution in [1.82, 2.24) is 4.98 Å². The minimum atomic E-state index is -0.277. The quantitative estimate of drug-likeness (QED) is 0.790. The Morgan fingerprint density at radius 2 is 2.00 bits per heavy atom. The second-order valence-electron chi connectivity index (χ2n) is 5.22. The molecule has 1 aliphatic carbocycles. The van der Waals surface area contributed by atoms with E-state index in [1.807, 2.05) is 0 Å². The van der Waals surface area contributed by atoms with Gasteiger partial charge >= 0.3 is 0 Å². The topological polar surface area (TPSA) is 38.9 Å². The fourth-order valence-electron chi connectivity index (χ4n) is 2.75. The first kappa shape index (κ1) is 14.0. The molecule has 1 aliphatic rings. The van der Waals surface area contributed by atoms with E-state index < -0.39 is 0 Å². The van der Waals surface area contributed by atoms with Crippen molar-refractivity contribution < 1.29 is 4.39 Å². The van der Waals surface area contributed by atoms with Gasteiger partial charge in [0.1, 0.15) is 16.5 Å². The number of nitrogen functional groups attached to an aromatic ring is 1. The van der Waals surface area contributed by atoms with E-state index in [2.05, 4.69) is 20.9 Å². The third-order valence-corrected chi connectivity index (χ3v) is 5.35. The zero-order chi connectivity index (χ0) is 14.1. The fraction of sp³-hybridized carbons (Fsp3) is 0.400. The molecule has 5 heteroatoms. The van der Waals surface area contributed by atoms with Gasteiger partial charge in [0, 0.05) is 16.0 Å². The number of benzene rings is 1. The maximum Gasteiger partial charge on any atom is 0.132 e. The van der Waals surface area contributed by atoms with Gasteiger partial charge in [-0.25, -0.2) is 9.37 Å². The summed E-state index contributed by atoms with van der Waals surface area (Å²) in [6, 6.07) is 4.87. The number of hydrogen-bond acceptors (Lipinski definition) is 3. The molecular formula is C15H16BrFN2S. The Balaban J connectivity index is 1.98. The molecule has 1 heterocycles. The van der Waals surface area contributed by atoms with Gasteiger partial charge in [-0.15, -0.1) is 11.3 Å². The van der Waals surface area contributed by atoms with Gasteiger partial charge in [0.05, 0.1) is 5.01 Å². The van der Waals surface area contributed by atoms with Crippen LogP contribution in [0.15, 0.2) is 22.7 Å². The maximum absolute atomic E-state index is 14.0. The molecule has 0 aliphatic heterocycles. The summed E-state index contributed by atoms with van der Waals surface area (Å²) >= 11 is 4.88. The number of nitrogens with two attached hydrogens (primary N) is 1. The highest BCUT2D eigenvalue weighted by atomic mass is 79.9. The first-order valence-electron chi connectivity index (χ1n) is 6.87. The molecule has 0 bridgehead atoms. The number of aromatic nitrogens is 1. The SMILES string of the molecule is Nc1sc(C2CCCCC2)nc1-c1cc(Br)ccc1F. The fourth-order valence-corrected chi connectivity index (χ4v) is 4.12. The molecule has 2 N–H and O–H groups in total. The average molecular weight is 355 g/mol. The van der Waals surface area contributed by atoms with Crippen LogP contribution >= 0.6 is 27.3 Å². The lowest BCUT2D eigenvalue weighted by atomic mass is 9.90. The zero-order valence-electron chi connectivity index (χ0n) is 11.0. The lowest BCUT2D eigenvalue weighted by Crippen LogP contribution is -2.03. The molecule has 3 rings (SSSR count). The summed E-state index contributed by atoms with van der Waals surface area (Å²) in [5.41, 5.74) is 7.15. The molecular weight excluding hydrogens is 339 g/mol. The van der Waals surface area contributed by atoms with Crippen LogP contribution in [0.5, 0.6) is 0 Å². The molecule has 0 saturated heterocycles.